The van der Waals surface area contributed by atoms with Crippen molar-refractivity contribution in [2.75, 3.05) is 13.6 Å². The number of thiophene rings is 1. The zero-order chi connectivity index (χ0) is 23.5. The van der Waals surface area contributed by atoms with E-state index in [4.69, 9.17) is 0 Å². The van der Waals surface area contributed by atoms with Gasteiger partial charge in [0, 0.05) is 45.3 Å². The second kappa shape index (κ2) is 9.62. The van der Waals surface area contributed by atoms with Crippen molar-refractivity contribution in [3.8, 4) is 0 Å². The van der Waals surface area contributed by atoms with E-state index in [9.17, 15) is 9.59 Å². The Bertz CT molecular complexity index is 1240. The summed E-state index contributed by atoms with van der Waals surface area (Å²) in [4.78, 5) is 29.4. The number of carbonyl (C=O) groups excluding carboxylic acids is 2. The predicted octanol–water partition coefficient (Wildman–Crippen LogP) is 3.79. The maximum absolute atomic E-state index is 13.4. The third kappa shape index (κ3) is 4.85. The van der Waals surface area contributed by atoms with Crippen LogP contribution in [0.4, 0.5) is 0 Å². The van der Waals surface area contributed by atoms with Gasteiger partial charge >= 0.3 is 0 Å². The lowest BCUT2D eigenvalue weighted by atomic mass is 10.0. The molecule has 1 aromatic carbocycles. The number of aryl methyl sites for hydroxylation is 3. The van der Waals surface area contributed by atoms with Gasteiger partial charge in [-0.15, -0.1) is 11.3 Å². The summed E-state index contributed by atoms with van der Waals surface area (Å²) in [7, 11) is 5.60. The summed E-state index contributed by atoms with van der Waals surface area (Å²) in [5.41, 5.74) is 2.70. The third-order valence-corrected chi connectivity index (χ3v) is 7.22. The molecule has 0 radical (unpaired) electrons. The molecule has 3 heterocycles. The number of likely N-dealkylation sites (N-methyl/N-ethyl adjacent to an activating group) is 1. The SMILES string of the molecule is Cc1nn(C)c2sc(C(=O)N(C)[C@H](CCNC(=O)c3cccn3C)Cc3ccccc3)cc12. The number of nitrogens with zero attached hydrogens (tertiary/aromatic N) is 4. The van der Waals surface area contributed by atoms with Gasteiger partial charge in [-0.1, -0.05) is 30.3 Å². The van der Waals surface area contributed by atoms with E-state index in [2.05, 4.69) is 22.5 Å². The predicted molar refractivity (Wildman–Crippen MR) is 132 cm³/mol. The number of aromatic nitrogens is 3. The Morgan fingerprint density at radius 1 is 1.15 bits per heavy atom. The minimum atomic E-state index is -0.109. The molecule has 2 amide bonds. The fourth-order valence-corrected chi connectivity index (χ4v) is 5.21. The molecule has 8 heteroatoms. The Balaban J connectivity index is 1.50. The molecule has 172 valence electrons. The molecule has 4 rings (SSSR count). The van der Waals surface area contributed by atoms with Crippen LogP contribution in [0, 0.1) is 6.92 Å². The van der Waals surface area contributed by atoms with Crippen LogP contribution >= 0.6 is 11.3 Å². The minimum Gasteiger partial charge on any atom is -0.351 e. The average molecular weight is 464 g/mol. The highest BCUT2D eigenvalue weighted by Crippen LogP contribution is 2.29. The lowest BCUT2D eigenvalue weighted by molar-refractivity contribution is 0.0727. The Kier molecular flexibility index (Phi) is 6.65. The van der Waals surface area contributed by atoms with Crippen molar-refractivity contribution in [2.45, 2.75) is 25.8 Å². The maximum Gasteiger partial charge on any atom is 0.267 e. The van der Waals surface area contributed by atoms with Gasteiger partial charge in [0.05, 0.1) is 10.6 Å². The van der Waals surface area contributed by atoms with Gasteiger partial charge in [-0.25, -0.2) is 0 Å². The summed E-state index contributed by atoms with van der Waals surface area (Å²) in [5, 5.41) is 8.45. The first-order valence-corrected chi connectivity index (χ1v) is 11.8. The normalized spacial score (nSPS) is 12.1. The Morgan fingerprint density at radius 3 is 2.58 bits per heavy atom. The highest BCUT2D eigenvalue weighted by atomic mass is 32.1. The number of nitrogens with one attached hydrogen (secondary N) is 1. The molecule has 3 aromatic heterocycles. The molecule has 0 spiro atoms. The maximum atomic E-state index is 13.4. The number of fused-ring (bicyclic) bond motifs is 1. The molecular formula is C25H29N5O2S. The number of hydrogen-bond acceptors (Lipinski definition) is 4. The second-order valence-corrected chi connectivity index (χ2v) is 9.38. The van der Waals surface area contributed by atoms with E-state index in [0.29, 0.717) is 30.0 Å². The monoisotopic (exact) mass is 463 g/mol. The first kappa shape index (κ1) is 22.8. The summed E-state index contributed by atoms with van der Waals surface area (Å²) in [6.07, 6.45) is 3.22. The summed E-state index contributed by atoms with van der Waals surface area (Å²) >= 11 is 1.47. The van der Waals surface area contributed by atoms with Crippen molar-refractivity contribution >= 4 is 33.4 Å². The van der Waals surface area contributed by atoms with Crippen molar-refractivity contribution in [3.05, 3.63) is 76.6 Å². The summed E-state index contributed by atoms with van der Waals surface area (Å²) in [6, 6.07) is 15.7. The first-order valence-electron chi connectivity index (χ1n) is 11.0. The average Bonchev–Trinajstić information content (AvgIpc) is 3.50. The van der Waals surface area contributed by atoms with Crippen LogP contribution in [0.25, 0.3) is 10.2 Å². The first-order chi connectivity index (χ1) is 15.8. The standard InChI is InChI=1S/C25H29N5O2S/c1-17-20-16-22(33-25(20)30(4)27-17)24(32)29(3)19(15-18-9-6-5-7-10-18)12-13-26-23(31)21-11-8-14-28(21)2/h5-11,14,16,19H,12-13,15H2,1-4H3,(H,26,31)/t19-/m1/s1. The largest absolute Gasteiger partial charge is 0.351 e. The fourth-order valence-electron chi connectivity index (χ4n) is 4.11. The molecule has 0 saturated carbocycles. The Labute approximate surface area is 197 Å². The molecule has 0 unspecified atom stereocenters. The molecule has 0 fully saturated rings. The van der Waals surface area contributed by atoms with Crippen molar-refractivity contribution < 1.29 is 9.59 Å². The highest BCUT2D eigenvalue weighted by molar-refractivity contribution is 7.20. The molecule has 0 aliphatic heterocycles. The highest BCUT2D eigenvalue weighted by Gasteiger charge is 2.24. The van der Waals surface area contributed by atoms with E-state index in [1.807, 2.05) is 74.2 Å². The van der Waals surface area contributed by atoms with Gasteiger partial charge in [0.15, 0.2) is 0 Å². The van der Waals surface area contributed by atoms with Gasteiger partial charge in [-0.3, -0.25) is 14.3 Å². The van der Waals surface area contributed by atoms with E-state index < -0.39 is 0 Å². The Hall–Kier alpha value is -3.39. The molecule has 7 nitrogen and oxygen atoms in total. The summed E-state index contributed by atoms with van der Waals surface area (Å²) in [6.45, 7) is 2.44. The summed E-state index contributed by atoms with van der Waals surface area (Å²) < 4.78 is 3.62. The van der Waals surface area contributed by atoms with Gasteiger partial charge in [0.2, 0.25) is 0 Å². The van der Waals surface area contributed by atoms with Crippen LogP contribution in [-0.4, -0.2) is 50.7 Å². The van der Waals surface area contributed by atoms with Crippen molar-refractivity contribution in [1.82, 2.24) is 24.6 Å². The minimum absolute atomic E-state index is 0.00899. The van der Waals surface area contributed by atoms with E-state index in [0.717, 1.165) is 21.5 Å². The molecule has 1 atom stereocenters. The topological polar surface area (TPSA) is 72.2 Å². The van der Waals surface area contributed by atoms with Crippen molar-refractivity contribution in [2.24, 2.45) is 14.1 Å². The molecule has 0 saturated heterocycles. The number of carbonyl (C=O) groups is 2. The lowest BCUT2D eigenvalue weighted by Gasteiger charge is -2.28. The van der Waals surface area contributed by atoms with Crippen LogP contribution in [0.5, 0.6) is 0 Å². The van der Waals surface area contributed by atoms with Gasteiger partial charge < -0.3 is 14.8 Å². The number of rotatable bonds is 8. The van der Waals surface area contributed by atoms with Crippen LogP contribution in [0.1, 0.15) is 37.8 Å². The number of benzene rings is 1. The molecular weight excluding hydrogens is 434 g/mol. The fraction of sp³-hybridized carbons (Fsp3) is 0.320. The van der Waals surface area contributed by atoms with Crippen molar-refractivity contribution in [1.29, 1.82) is 0 Å². The number of hydrogen-bond donors (Lipinski definition) is 1. The second-order valence-electron chi connectivity index (χ2n) is 8.35. The van der Waals surface area contributed by atoms with E-state index in [1.165, 1.54) is 11.3 Å². The van der Waals surface area contributed by atoms with Crippen LogP contribution in [0.2, 0.25) is 0 Å². The van der Waals surface area contributed by atoms with Gasteiger partial charge in [-0.05, 0) is 43.5 Å². The zero-order valence-corrected chi connectivity index (χ0v) is 20.2. The Morgan fingerprint density at radius 2 is 1.91 bits per heavy atom. The number of amides is 2. The van der Waals surface area contributed by atoms with Crippen LogP contribution < -0.4 is 5.32 Å². The van der Waals surface area contributed by atoms with Gasteiger partial charge in [0.25, 0.3) is 11.8 Å². The van der Waals surface area contributed by atoms with Crippen LogP contribution in [0.15, 0.2) is 54.7 Å². The van der Waals surface area contributed by atoms with Gasteiger partial charge in [0.1, 0.15) is 10.5 Å². The molecule has 33 heavy (non-hydrogen) atoms. The van der Waals surface area contributed by atoms with Gasteiger partial charge in [-0.2, -0.15) is 5.10 Å². The zero-order valence-electron chi connectivity index (χ0n) is 19.4. The third-order valence-electron chi connectivity index (χ3n) is 6.03. The lowest BCUT2D eigenvalue weighted by Crippen LogP contribution is -2.40. The quantitative estimate of drug-likeness (QED) is 0.432. The molecule has 0 aliphatic carbocycles. The molecule has 4 aromatic rings. The van der Waals surface area contributed by atoms with Crippen LogP contribution in [-0.2, 0) is 20.5 Å². The molecule has 0 aliphatic rings. The molecule has 0 bridgehead atoms. The van der Waals surface area contributed by atoms with E-state index in [-0.39, 0.29) is 17.9 Å². The smallest absolute Gasteiger partial charge is 0.267 e. The molecule has 1 N–H and O–H groups in total. The van der Waals surface area contributed by atoms with E-state index in [1.54, 1.807) is 10.6 Å². The van der Waals surface area contributed by atoms with E-state index >= 15 is 0 Å². The summed E-state index contributed by atoms with van der Waals surface area (Å²) in [5.74, 6) is -0.118. The van der Waals surface area contributed by atoms with Crippen molar-refractivity contribution in [3.63, 3.8) is 0 Å². The van der Waals surface area contributed by atoms with Crippen LogP contribution in [0.3, 0.4) is 0 Å².